The third-order valence-corrected chi connectivity index (χ3v) is 3.98. The molecule has 2 rings (SSSR count). The molecule has 24 heavy (non-hydrogen) atoms. The number of aromatic nitrogens is 2. The fourth-order valence-corrected chi connectivity index (χ4v) is 2.36. The molecule has 1 aromatic carbocycles. The van der Waals surface area contributed by atoms with Gasteiger partial charge in [0.15, 0.2) is 0 Å². The number of benzene rings is 1. The first kappa shape index (κ1) is 18.0. The van der Waals surface area contributed by atoms with E-state index in [-0.39, 0.29) is 18.0 Å². The average molecular weight is 330 g/mol. The Morgan fingerprint density at radius 3 is 2.75 bits per heavy atom. The lowest BCUT2D eigenvalue weighted by atomic mass is 10.0. The Labute approximate surface area is 142 Å². The number of nitrogens with one attached hydrogen (secondary N) is 2. The van der Waals surface area contributed by atoms with E-state index in [0.29, 0.717) is 13.0 Å². The Balaban J connectivity index is 1.87. The lowest BCUT2D eigenvalue weighted by Gasteiger charge is -2.17. The summed E-state index contributed by atoms with van der Waals surface area (Å²) < 4.78 is 1.78. The molecular formula is C18H26N4O2. The van der Waals surface area contributed by atoms with Crippen LogP contribution in [0.3, 0.4) is 0 Å². The average Bonchev–Trinajstić information content (AvgIpc) is 3.09. The molecule has 2 aromatic rings. The van der Waals surface area contributed by atoms with Gasteiger partial charge < -0.3 is 15.7 Å². The number of aliphatic hydroxyl groups excluding tert-OH is 1. The predicted molar refractivity (Wildman–Crippen MR) is 94.0 cm³/mol. The van der Waals surface area contributed by atoms with Crippen molar-refractivity contribution in [1.82, 2.24) is 20.4 Å². The minimum Gasteiger partial charge on any atom is -0.393 e. The molecule has 0 aliphatic heterocycles. The van der Waals surface area contributed by atoms with Gasteiger partial charge in [-0.1, -0.05) is 26.0 Å². The van der Waals surface area contributed by atoms with E-state index in [1.165, 1.54) is 0 Å². The Morgan fingerprint density at radius 2 is 2.08 bits per heavy atom. The van der Waals surface area contributed by atoms with Crippen LogP contribution in [0.15, 0.2) is 42.7 Å². The molecule has 6 heteroatoms. The largest absolute Gasteiger partial charge is 0.393 e. The normalized spacial score (nSPS) is 13.5. The number of aliphatic hydroxyl groups is 1. The van der Waals surface area contributed by atoms with E-state index in [0.717, 1.165) is 11.3 Å². The highest BCUT2D eigenvalue weighted by molar-refractivity contribution is 5.74. The smallest absolute Gasteiger partial charge is 0.315 e. The molecule has 1 aromatic heterocycles. The van der Waals surface area contributed by atoms with Gasteiger partial charge in [-0.3, -0.25) is 0 Å². The Kier molecular flexibility index (Phi) is 6.37. The van der Waals surface area contributed by atoms with Crippen LogP contribution in [-0.4, -0.2) is 33.6 Å². The summed E-state index contributed by atoms with van der Waals surface area (Å²) in [6.07, 6.45) is 3.76. The monoisotopic (exact) mass is 330 g/mol. The summed E-state index contributed by atoms with van der Waals surface area (Å²) in [6.45, 7) is 6.30. The molecule has 2 atom stereocenters. The number of carbonyl (C=O) groups is 1. The second-order valence-electron chi connectivity index (χ2n) is 6.27. The molecule has 0 saturated carbocycles. The fourth-order valence-electron chi connectivity index (χ4n) is 2.36. The number of carbonyl (C=O) groups excluding carboxylic acids is 1. The quantitative estimate of drug-likeness (QED) is 0.730. The van der Waals surface area contributed by atoms with Crippen LogP contribution in [0.2, 0.25) is 0 Å². The van der Waals surface area contributed by atoms with Crippen molar-refractivity contribution in [2.24, 2.45) is 5.92 Å². The molecule has 2 amide bonds. The van der Waals surface area contributed by atoms with Crippen LogP contribution in [-0.2, 0) is 0 Å². The fraction of sp³-hybridized carbons (Fsp3) is 0.444. The summed E-state index contributed by atoms with van der Waals surface area (Å²) in [4.78, 5) is 12.0. The van der Waals surface area contributed by atoms with Gasteiger partial charge in [-0.25, -0.2) is 9.48 Å². The van der Waals surface area contributed by atoms with Gasteiger partial charge >= 0.3 is 6.03 Å². The van der Waals surface area contributed by atoms with Gasteiger partial charge in [-0.2, -0.15) is 5.10 Å². The van der Waals surface area contributed by atoms with Gasteiger partial charge in [0.2, 0.25) is 0 Å². The predicted octanol–water partition coefficient (Wildman–Crippen LogP) is 2.64. The van der Waals surface area contributed by atoms with E-state index in [2.05, 4.69) is 15.7 Å². The van der Waals surface area contributed by atoms with Gasteiger partial charge in [0.05, 0.1) is 17.8 Å². The maximum Gasteiger partial charge on any atom is 0.315 e. The molecule has 2 unspecified atom stereocenters. The molecule has 0 aliphatic carbocycles. The minimum atomic E-state index is -0.395. The maximum atomic E-state index is 12.0. The SMILES string of the molecule is CC(NC(=O)NCCC(O)C(C)C)c1cccc(-n2cccn2)c1. The van der Waals surface area contributed by atoms with Crippen LogP contribution in [0.4, 0.5) is 4.79 Å². The summed E-state index contributed by atoms with van der Waals surface area (Å²) in [7, 11) is 0. The summed E-state index contributed by atoms with van der Waals surface area (Å²) >= 11 is 0. The van der Waals surface area contributed by atoms with E-state index >= 15 is 0 Å². The van der Waals surface area contributed by atoms with Crippen molar-refractivity contribution in [3.63, 3.8) is 0 Å². The summed E-state index contributed by atoms with van der Waals surface area (Å²) in [5, 5.41) is 19.6. The van der Waals surface area contributed by atoms with Crippen LogP contribution in [0, 0.1) is 5.92 Å². The lowest BCUT2D eigenvalue weighted by Crippen LogP contribution is -2.38. The highest BCUT2D eigenvalue weighted by Gasteiger charge is 2.12. The molecule has 0 radical (unpaired) electrons. The molecule has 3 N–H and O–H groups in total. The molecule has 0 fully saturated rings. The van der Waals surface area contributed by atoms with E-state index in [1.54, 1.807) is 10.9 Å². The number of amides is 2. The van der Waals surface area contributed by atoms with Gasteiger partial charge in [0, 0.05) is 18.9 Å². The molecule has 130 valence electrons. The third-order valence-electron chi connectivity index (χ3n) is 3.98. The first-order chi connectivity index (χ1) is 11.5. The van der Waals surface area contributed by atoms with Crippen LogP contribution in [0.1, 0.15) is 38.8 Å². The Hall–Kier alpha value is -2.34. The van der Waals surface area contributed by atoms with Crippen molar-refractivity contribution in [3.05, 3.63) is 48.3 Å². The molecular weight excluding hydrogens is 304 g/mol. The number of nitrogens with zero attached hydrogens (tertiary/aromatic N) is 2. The number of urea groups is 1. The maximum absolute atomic E-state index is 12.0. The van der Waals surface area contributed by atoms with Crippen molar-refractivity contribution < 1.29 is 9.90 Å². The second-order valence-corrected chi connectivity index (χ2v) is 6.27. The Morgan fingerprint density at radius 1 is 1.29 bits per heavy atom. The van der Waals surface area contributed by atoms with Gasteiger partial charge in [0.25, 0.3) is 0 Å². The summed E-state index contributed by atoms with van der Waals surface area (Å²) in [6, 6.07) is 9.39. The number of hydrogen-bond acceptors (Lipinski definition) is 3. The molecule has 0 aliphatic rings. The van der Waals surface area contributed by atoms with Crippen molar-refractivity contribution in [1.29, 1.82) is 0 Å². The van der Waals surface area contributed by atoms with Crippen LogP contribution < -0.4 is 10.6 Å². The van der Waals surface area contributed by atoms with Crippen LogP contribution in [0.5, 0.6) is 0 Å². The molecule has 6 nitrogen and oxygen atoms in total. The first-order valence-corrected chi connectivity index (χ1v) is 8.29. The van der Waals surface area contributed by atoms with E-state index in [4.69, 9.17) is 0 Å². The molecule has 0 spiro atoms. The molecule has 0 saturated heterocycles. The third kappa shape index (κ3) is 5.09. The highest BCUT2D eigenvalue weighted by Crippen LogP contribution is 2.16. The number of hydrogen-bond donors (Lipinski definition) is 3. The van der Waals surface area contributed by atoms with Gasteiger partial charge in [-0.15, -0.1) is 0 Å². The zero-order valence-corrected chi connectivity index (χ0v) is 14.4. The number of rotatable bonds is 7. The van der Waals surface area contributed by atoms with E-state index in [9.17, 15) is 9.90 Å². The standard InChI is InChI=1S/C18H26N4O2/c1-13(2)17(23)8-10-19-18(24)21-14(3)15-6-4-7-16(12-15)22-11-5-9-20-22/h4-7,9,11-14,17,23H,8,10H2,1-3H3,(H2,19,21,24). The summed E-state index contributed by atoms with van der Waals surface area (Å²) in [5.41, 5.74) is 1.95. The topological polar surface area (TPSA) is 79.2 Å². The van der Waals surface area contributed by atoms with E-state index < -0.39 is 6.10 Å². The lowest BCUT2D eigenvalue weighted by molar-refractivity contribution is 0.116. The van der Waals surface area contributed by atoms with Gasteiger partial charge in [-0.05, 0) is 43.0 Å². The molecule has 1 heterocycles. The van der Waals surface area contributed by atoms with Crippen molar-refractivity contribution in [2.45, 2.75) is 39.3 Å². The zero-order chi connectivity index (χ0) is 17.5. The Bertz CT molecular complexity index is 640. The van der Waals surface area contributed by atoms with Crippen molar-refractivity contribution in [3.8, 4) is 5.69 Å². The highest BCUT2D eigenvalue weighted by atomic mass is 16.3. The zero-order valence-electron chi connectivity index (χ0n) is 14.4. The van der Waals surface area contributed by atoms with Crippen molar-refractivity contribution >= 4 is 6.03 Å². The second kappa shape index (κ2) is 8.49. The van der Waals surface area contributed by atoms with E-state index in [1.807, 2.05) is 57.3 Å². The summed E-state index contributed by atoms with van der Waals surface area (Å²) in [5.74, 6) is 0.193. The molecule has 0 bridgehead atoms. The minimum absolute atomic E-state index is 0.129. The van der Waals surface area contributed by atoms with Gasteiger partial charge in [0.1, 0.15) is 0 Å². The van der Waals surface area contributed by atoms with Crippen LogP contribution in [0.25, 0.3) is 5.69 Å². The van der Waals surface area contributed by atoms with Crippen molar-refractivity contribution in [2.75, 3.05) is 6.54 Å². The first-order valence-electron chi connectivity index (χ1n) is 8.29. The van der Waals surface area contributed by atoms with Crippen LogP contribution >= 0.6 is 0 Å².